The Morgan fingerprint density at radius 3 is 2.60 bits per heavy atom. The molecule has 104 valence electrons. The molecule has 0 aliphatic heterocycles. The molecule has 2 rings (SSSR count). The molecular weight excluding hydrogens is 258 g/mol. The van der Waals surface area contributed by atoms with Crippen molar-refractivity contribution in [1.29, 1.82) is 0 Å². The maximum absolute atomic E-state index is 11.8. The Bertz CT molecular complexity index is 584. The Morgan fingerprint density at radius 2 is 1.85 bits per heavy atom. The third-order valence-electron chi connectivity index (χ3n) is 2.59. The molecule has 0 fully saturated rings. The van der Waals surface area contributed by atoms with Crippen molar-refractivity contribution in [2.24, 2.45) is 0 Å². The van der Waals surface area contributed by atoms with E-state index in [1.54, 1.807) is 0 Å². The molecule has 0 aliphatic carbocycles. The molecule has 0 amide bonds. The lowest BCUT2D eigenvalue weighted by Crippen LogP contribution is -2.13. The van der Waals surface area contributed by atoms with Gasteiger partial charge in [0.1, 0.15) is 24.7 Å². The molecule has 0 radical (unpaired) electrons. The number of anilines is 1. The summed E-state index contributed by atoms with van der Waals surface area (Å²) in [6.45, 7) is 0.345. The van der Waals surface area contributed by atoms with Crippen LogP contribution in [0, 0.1) is 0 Å². The molecule has 20 heavy (non-hydrogen) atoms. The zero-order chi connectivity index (χ0) is 14.4. The molecule has 3 N–H and O–H groups in total. The Labute approximate surface area is 116 Å². The molecule has 0 bridgehead atoms. The van der Waals surface area contributed by atoms with E-state index >= 15 is 0 Å². The van der Waals surface area contributed by atoms with E-state index in [0.29, 0.717) is 5.75 Å². The average Bonchev–Trinajstić information content (AvgIpc) is 2.47. The molecule has 2 aromatic rings. The van der Waals surface area contributed by atoms with Crippen LogP contribution in [0.4, 0.5) is 5.69 Å². The lowest BCUT2D eigenvalue weighted by Gasteiger charge is -2.08. The minimum absolute atomic E-state index is 0.0355. The van der Waals surface area contributed by atoms with Crippen LogP contribution in [-0.2, 0) is 4.74 Å². The Balaban J connectivity index is 1.82. The zero-order valence-corrected chi connectivity index (χ0v) is 10.8. The van der Waals surface area contributed by atoms with Crippen molar-refractivity contribution in [3.63, 3.8) is 0 Å². The second kappa shape index (κ2) is 6.47. The number of para-hydroxylation sites is 1. The van der Waals surface area contributed by atoms with E-state index in [1.807, 2.05) is 30.3 Å². The zero-order valence-electron chi connectivity index (χ0n) is 10.8. The van der Waals surface area contributed by atoms with Crippen LogP contribution < -0.4 is 10.5 Å². The highest BCUT2D eigenvalue weighted by atomic mass is 16.6. The highest BCUT2D eigenvalue weighted by Crippen LogP contribution is 2.19. The van der Waals surface area contributed by atoms with Gasteiger partial charge in [0, 0.05) is 5.69 Å². The van der Waals surface area contributed by atoms with E-state index in [2.05, 4.69) is 0 Å². The third kappa shape index (κ3) is 3.65. The summed E-state index contributed by atoms with van der Waals surface area (Å²) in [4.78, 5) is 11.8. The molecule has 0 atom stereocenters. The van der Waals surface area contributed by atoms with Gasteiger partial charge >= 0.3 is 5.97 Å². The Kier molecular flexibility index (Phi) is 4.44. The Morgan fingerprint density at radius 1 is 1.10 bits per heavy atom. The molecule has 2 aromatic carbocycles. The summed E-state index contributed by atoms with van der Waals surface area (Å²) >= 11 is 0. The molecule has 5 nitrogen and oxygen atoms in total. The van der Waals surface area contributed by atoms with E-state index in [4.69, 9.17) is 15.2 Å². The first-order chi connectivity index (χ1) is 9.66. The van der Waals surface area contributed by atoms with Crippen molar-refractivity contribution < 1.29 is 19.4 Å². The van der Waals surface area contributed by atoms with Crippen LogP contribution in [0.3, 0.4) is 0 Å². The van der Waals surface area contributed by atoms with Crippen LogP contribution in [-0.4, -0.2) is 24.3 Å². The summed E-state index contributed by atoms with van der Waals surface area (Å²) in [5.41, 5.74) is 6.05. The van der Waals surface area contributed by atoms with Crippen LogP contribution in [0.15, 0.2) is 48.5 Å². The third-order valence-corrected chi connectivity index (χ3v) is 2.59. The predicted octanol–water partition coefficient (Wildman–Crippen LogP) is 2.21. The SMILES string of the molecule is Nc1ccc(O)cc1C(=O)OCCOc1ccccc1. The second-order valence-electron chi connectivity index (χ2n) is 4.07. The van der Waals surface area contributed by atoms with Crippen LogP contribution in [0.25, 0.3) is 0 Å². The van der Waals surface area contributed by atoms with Gasteiger partial charge in [0.2, 0.25) is 0 Å². The number of carbonyl (C=O) groups is 1. The topological polar surface area (TPSA) is 81.8 Å². The summed E-state index contributed by atoms with van der Waals surface area (Å²) < 4.78 is 10.4. The monoisotopic (exact) mass is 273 g/mol. The summed E-state index contributed by atoms with van der Waals surface area (Å²) in [5, 5.41) is 9.32. The van der Waals surface area contributed by atoms with Gasteiger partial charge in [-0.1, -0.05) is 18.2 Å². The van der Waals surface area contributed by atoms with Crippen LogP contribution in [0.1, 0.15) is 10.4 Å². The second-order valence-corrected chi connectivity index (χ2v) is 4.07. The van der Waals surface area contributed by atoms with Gasteiger partial charge in [-0.15, -0.1) is 0 Å². The molecule has 0 spiro atoms. The first-order valence-corrected chi connectivity index (χ1v) is 6.10. The number of phenols is 1. The smallest absolute Gasteiger partial charge is 0.340 e. The minimum Gasteiger partial charge on any atom is -0.508 e. The predicted molar refractivity (Wildman–Crippen MR) is 74.7 cm³/mol. The fourth-order valence-corrected chi connectivity index (χ4v) is 1.61. The van der Waals surface area contributed by atoms with Gasteiger partial charge in [0.05, 0.1) is 5.56 Å². The van der Waals surface area contributed by atoms with E-state index in [0.717, 1.165) is 0 Å². The van der Waals surface area contributed by atoms with Gasteiger partial charge < -0.3 is 20.3 Å². The van der Waals surface area contributed by atoms with Gasteiger partial charge in [-0.25, -0.2) is 4.79 Å². The van der Waals surface area contributed by atoms with Crippen molar-refractivity contribution >= 4 is 11.7 Å². The van der Waals surface area contributed by atoms with Crippen molar-refractivity contribution in [3.8, 4) is 11.5 Å². The lowest BCUT2D eigenvalue weighted by molar-refractivity contribution is 0.0451. The minimum atomic E-state index is -0.588. The molecule has 5 heteroatoms. The number of nitrogen functional groups attached to an aromatic ring is 1. The highest BCUT2D eigenvalue weighted by molar-refractivity contribution is 5.95. The normalized spacial score (nSPS) is 10.0. The summed E-state index contributed by atoms with van der Waals surface area (Å²) in [5.74, 6) is 0.0853. The largest absolute Gasteiger partial charge is 0.508 e. The molecule has 0 heterocycles. The molecular formula is C15H15NO4. The van der Waals surface area contributed by atoms with Crippen LogP contribution in [0.5, 0.6) is 11.5 Å². The summed E-state index contributed by atoms with van der Waals surface area (Å²) in [6, 6.07) is 13.4. The first-order valence-electron chi connectivity index (χ1n) is 6.10. The number of esters is 1. The average molecular weight is 273 g/mol. The Hall–Kier alpha value is -2.69. The van der Waals surface area contributed by atoms with E-state index in [9.17, 15) is 9.90 Å². The molecule has 0 saturated heterocycles. The number of benzene rings is 2. The van der Waals surface area contributed by atoms with Crippen molar-refractivity contribution in [1.82, 2.24) is 0 Å². The van der Waals surface area contributed by atoms with Gasteiger partial charge in [0.15, 0.2) is 0 Å². The quantitative estimate of drug-likeness (QED) is 0.378. The number of nitrogens with two attached hydrogens (primary N) is 1. The van der Waals surface area contributed by atoms with Crippen molar-refractivity contribution in [2.45, 2.75) is 0 Å². The van der Waals surface area contributed by atoms with E-state index in [1.165, 1.54) is 18.2 Å². The lowest BCUT2D eigenvalue weighted by atomic mass is 10.2. The maximum atomic E-state index is 11.8. The van der Waals surface area contributed by atoms with Gasteiger partial charge in [-0.05, 0) is 30.3 Å². The van der Waals surface area contributed by atoms with Crippen molar-refractivity contribution in [2.75, 3.05) is 18.9 Å². The van der Waals surface area contributed by atoms with Gasteiger partial charge in [-0.2, -0.15) is 0 Å². The summed E-state index contributed by atoms with van der Waals surface area (Å²) in [6.07, 6.45) is 0. The molecule has 0 saturated carbocycles. The fourth-order valence-electron chi connectivity index (χ4n) is 1.61. The first kappa shape index (κ1) is 13.7. The molecule has 0 aliphatic rings. The highest BCUT2D eigenvalue weighted by Gasteiger charge is 2.11. The summed E-state index contributed by atoms with van der Waals surface area (Å²) in [7, 11) is 0. The van der Waals surface area contributed by atoms with Crippen LogP contribution >= 0.6 is 0 Å². The van der Waals surface area contributed by atoms with Gasteiger partial charge in [-0.3, -0.25) is 0 Å². The van der Waals surface area contributed by atoms with Gasteiger partial charge in [0.25, 0.3) is 0 Å². The number of aromatic hydroxyl groups is 1. The number of hydrogen-bond donors (Lipinski definition) is 2. The standard InChI is InChI=1S/C15H15NO4/c16-14-7-6-11(17)10-13(14)15(18)20-9-8-19-12-4-2-1-3-5-12/h1-7,10,17H,8-9,16H2. The fraction of sp³-hybridized carbons (Fsp3) is 0.133. The number of rotatable bonds is 5. The number of hydrogen-bond acceptors (Lipinski definition) is 5. The number of carbonyl (C=O) groups excluding carboxylic acids is 1. The maximum Gasteiger partial charge on any atom is 0.340 e. The van der Waals surface area contributed by atoms with Crippen LogP contribution in [0.2, 0.25) is 0 Å². The molecule has 0 unspecified atom stereocenters. The molecule has 0 aromatic heterocycles. The van der Waals surface area contributed by atoms with Crippen molar-refractivity contribution in [3.05, 3.63) is 54.1 Å². The number of ether oxygens (including phenoxy) is 2. The van der Waals surface area contributed by atoms with E-state index < -0.39 is 5.97 Å². The number of phenolic OH excluding ortho intramolecular Hbond substituents is 1. The van der Waals surface area contributed by atoms with E-state index in [-0.39, 0.29) is 30.2 Å².